The second kappa shape index (κ2) is 36.7. The lowest BCUT2D eigenvalue weighted by Crippen LogP contribution is -2.30. The molecule has 5 atom stereocenters. The van der Waals surface area contributed by atoms with Gasteiger partial charge in [0.15, 0.2) is 6.10 Å². The molecule has 3 aromatic heterocycles. The van der Waals surface area contributed by atoms with Crippen molar-refractivity contribution in [2.45, 2.75) is 163 Å². The van der Waals surface area contributed by atoms with E-state index < -0.39 is 18.0 Å². The summed E-state index contributed by atoms with van der Waals surface area (Å²) in [4.78, 5) is 49.2. The van der Waals surface area contributed by atoms with Crippen LogP contribution in [0.2, 0.25) is 0 Å². The second-order valence-electron chi connectivity index (χ2n) is 29.5. The number of hydrogen-bond donors (Lipinski definition) is 3. The number of nitrogens with one attached hydrogen (secondary N) is 3. The number of ether oxygens (including phenoxy) is 4. The first-order chi connectivity index (χ1) is 52.1. The van der Waals surface area contributed by atoms with Crippen molar-refractivity contribution in [1.82, 2.24) is 19.9 Å². The zero-order chi connectivity index (χ0) is 73.0. The highest BCUT2D eigenvalue weighted by atomic mass is 16.5. The van der Waals surface area contributed by atoms with Crippen molar-refractivity contribution in [2.75, 3.05) is 43.1 Å². The lowest BCUT2D eigenvalue weighted by atomic mass is 9.90. The van der Waals surface area contributed by atoms with Gasteiger partial charge in [0.05, 0.1) is 48.2 Å². The second-order valence-corrected chi connectivity index (χ2v) is 29.5. The molecule has 0 spiro atoms. The van der Waals surface area contributed by atoms with E-state index >= 15 is 0 Å². The molecule has 1 aliphatic carbocycles. The number of hydrogen-bond acceptors (Lipinski definition) is 9. The van der Waals surface area contributed by atoms with Crippen LogP contribution in [0.5, 0.6) is 17.2 Å². The highest BCUT2D eigenvalue weighted by Crippen LogP contribution is 2.48. The molecule has 6 heterocycles. The summed E-state index contributed by atoms with van der Waals surface area (Å²) >= 11 is 0. The number of allylic oxidation sites excluding steroid dienone is 1. The van der Waals surface area contributed by atoms with Gasteiger partial charge in [-0.15, -0.1) is 0 Å². The van der Waals surface area contributed by atoms with Crippen molar-refractivity contribution < 1.29 is 28.5 Å². The highest BCUT2D eigenvalue weighted by Gasteiger charge is 2.45. The van der Waals surface area contributed by atoms with Gasteiger partial charge in [0.25, 0.3) is 5.91 Å². The molecule has 0 unspecified atom stereocenters. The van der Waals surface area contributed by atoms with Gasteiger partial charge in [-0.05, 0) is 205 Å². The van der Waals surface area contributed by atoms with E-state index in [9.17, 15) is 9.59 Å². The molecule has 3 aliphatic heterocycles. The fourth-order valence-electron chi connectivity index (χ4n) is 15.8. The first-order valence-electron chi connectivity index (χ1n) is 39.6. The molecule has 1 saturated heterocycles. The lowest BCUT2D eigenvalue weighted by Gasteiger charge is -2.22. The number of rotatable bonds is 35. The Morgan fingerprint density at radius 3 is 1.27 bits per heavy atom. The van der Waals surface area contributed by atoms with E-state index in [1.54, 1.807) is 6.92 Å². The summed E-state index contributed by atoms with van der Waals surface area (Å²) < 4.78 is 24.9. The van der Waals surface area contributed by atoms with Crippen molar-refractivity contribution in [1.29, 1.82) is 0 Å². The first-order valence-corrected chi connectivity index (χ1v) is 39.6. The molecule has 9 aromatic rings. The predicted octanol–water partition coefficient (Wildman–Crippen LogP) is 24.1. The Balaban J connectivity index is 0.819. The number of benzene rings is 6. The fraction of sp³-hybridized carbons (Fsp3) is 0.362. The molecule has 1 amide bonds. The number of fused-ring (bicyclic) bond motifs is 9. The predicted molar refractivity (Wildman–Crippen MR) is 439 cm³/mol. The Hall–Kier alpha value is -10.2. The first kappa shape index (κ1) is 74.1. The maximum atomic E-state index is 14.0. The number of esters is 1. The third kappa shape index (κ3) is 18.7. The van der Waals surface area contributed by atoms with Crippen LogP contribution in [0, 0.1) is 23.7 Å². The van der Waals surface area contributed by atoms with E-state index in [2.05, 4.69) is 212 Å². The molecule has 8 bridgehead atoms. The van der Waals surface area contributed by atoms with Gasteiger partial charge in [-0.3, -0.25) is 4.79 Å². The Bertz CT molecular complexity index is 4590. The summed E-state index contributed by atoms with van der Waals surface area (Å²) in [5.41, 5.74) is 17.4. The van der Waals surface area contributed by atoms with Crippen LogP contribution < -0.4 is 24.4 Å². The molecule has 12 nitrogen and oxygen atoms in total. The van der Waals surface area contributed by atoms with E-state index in [1.807, 2.05) is 48.5 Å². The van der Waals surface area contributed by atoms with Gasteiger partial charge >= 0.3 is 5.97 Å². The van der Waals surface area contributed by atoms with Crippen LogP contribution in [-0.2, 0) is 9.53 Å². The molecule has 6 aromatic carbocycles. The molecule has 106 heavy (non-hydrogen) atoms. The smallest absolute Gasteiger partial charge is 0.338 e. The van der Waals surface area contributed by atoms with E-state index in [4.69, 9.17) is 28.9 Å². The van der Waals surface area contributed by atoms with Gasteiger partial charge < -0.3 is 39.1 Å². The summed E-state index contributed by atoms with van der Waals surface area (Å²) in [6.45, 7) is 14.8. The average Bonchev–Trinajstić information content (AvgIpc) is 1.63. The lowest BCUT2D eigenvalue weighted by molar-refractivity contribution is -0.123. The third-order valence-corrected chi connectivity index (χ3v) is 21.7. The van der Waals surface area contributed by atoms with Crippen LogP contribution in [0.4, 0.5) is 11.4 Å². The minimum Gasteiger partial charge on any atom is -0.494 e. The van der Waals surface area contributed by atoms with Crippen LogP contribution in [0.1, 0.15) is 195 Å². The molecule has 13 rings (SSSR count). The largest absolute Gasteiger partial charge is 0.494 e. The normalized spacial score (nSPS) is 16.2. The number of H-pyrrole nitrogens is 2. The van der Waals surface area contributed by atoms with Crippen LogP contribution in [0.15, 0.2) is 182 Å². The average molecular weight is 1420 g/mol. The van der Waals surface area contributed by atoms with Gasteiger partial charge in [-0.2, -0.15) is 0 Å². The highest BCUT2D eigenvalue weighted by molar-refractivity contribution is 6.01. The summed E-state index contributed by atoms with van der Waals surface area (Å²) in [5.74, 6) is 3.87. The minimum atomic E-state index is -1.07. The number of aromatic nitrogens is 4. The van der Waals surface area contributed by atoms with Crippen molar-refractivity contribution in [2.24, 2.45) is 23.7 Å². The number of amides is 1. The number of unbranched alkanes of at least 4 members (excludes halogenated alkanes) is 15. The zero-order valence-electron chi connectivity index (χ0n) is 62.9. The number of anilines is 2. The summed E-state index contributed by atoms with van der Waals surface area (Å²) in [6.07, 6.45) is 34.9. The standard InChI is InChI=1S/C94H106N6O6/c1-6-9-12-15-18-24-59-103-76-45-35-69(36-46-76)90-83-53-51-81(96-83)89(68-31-41-74(42-32-68)95-93(101)66(5)106-94(102)72-33-43-75(44-34-72)100-63-79-65(4)62-73(80(79)64-100)30-29-67-27-22-21-23-28-67)82-52-54-84(97-82)91(70-37-47-77(48-38-70)104-60-25-19-16-13-10-7-2)86-56-58-88(99-86)92(87-57-55-85(90)98-87)71-39-49-78(50-40-71)105-61-26-20-17-14-11-8-3/h21-23,27-58,65-66,73,79-80,96,99H,6-20,24-26,59-64H2,1-5H3,(H,95,101)/b30-29+,89-81?,89-82?,90-83?,90-85?,91-84?,91-86?,92-87?,92-88?/t65-,66+,73+,79+,80-/m1/s1. The van der Waals surface area contributed by atoms with Crippen LogP contribution >= 0.6 is 0 Å². The maximum absolute atomic E-state index is 14.0. The summed E-state index contributed by atoms with van der Waals surface area (Å²) in [5, 5.41) is 3.03. The monoisotopic (exact) mass is 1410 g/mol. The van der Waals surface area contributed by atoms with Crippen molar-refractivity contribution >= 4 is 75.7 Å². The van der Waals surface area contributed by atoms with Gasteiger partial charge in [0, 0.05) is 68.8 Å². The van der Waals surface area contributed by atoms with Gasteiger partial charge in [0.1, 0.15) is 17.2 Å². The van der Waals surface area contributed by atoms with Gasteiger partial charge in [-0.25, -0.2) is 14.8 Å². The van der Waals surface area contributed by atoms with E-state index in [1.165, 1.54) is 95.5 Å². The van der Waals surface area contributed by atoms with Crippen molar-refractivity contribution in [3.05, 3.63) is 216 Å². The molecule has 548 valence electrons. The van der Waals surface area contributed by atoms with E-state index in [-0.39, 0.29) is 0 Å². The molecule has 12 heteroatoms. The number of carbonyl (C=O) groups is 2. The fourth-order valence-corrected chi connectivity index (χ4v) is 15.8. The molecule has 4 aliphatic rings. The van der Waals surface area contributed by atoms with E-state index in [0.717, 1.165) is 157 Å². The Labute approximate surface area is 627 Å². The maximum Gasteiger partial charge on any atom is 0.338 e. The van der Waals surface area contributed by atoms with Gasteiger partial charge in [0.2, 0.25) is 0 Å². The Morgan fingerprint density at radius 1 is 0.472 bits per heavy atom. The molecule has 0 radical (unpaired) electrons. The Morgan fingerprint density at radius 2 is 0.858 bits per heavy atom. The topological polar surface area (TPSA) is 144 Å². The SMILES string of the molecule is CCCCCCCCOc1ccc(-c2c3nc(c(-c4ccc(OCCCCCCCC)cc4)c4ccc([nH]4)c(-c4ccc(OCCCCCCCC)cc4)c4nc(c(-c5ccc(NC(=O)[C@H](C)OC(=O)c6ccc(N7C[C@@H]8[C@H](C7)[C@@H](/C=C/c7ccccc7)C[C@H]8C)cc6)cc5)c5ccc2[nH]5)C=C4)C=C3)cc1. The van der Waals surface area contributed by atoms with Crippen molar-refractivity contribution in [3.63, 3.8) is 0 Å². The quantitative estimate of drug-likeness (QED) is 0.0261. The minimum absolute atomic E-state index is 0.396. The number of carbonyl (C=O) groups excluding carboxylic acids is 2. The van der Waals surface area contributed by atoms with Crippen molar-refractivity contribution in [3.8, 4) is 61.8 Å². The zero-order valence-corrected chi connectivity index (χ0v) is 62.9. The molecule has 1 saturated carbocycles. The van der Waals surface area contributed by atoms with Gasteiger partial charge in [-0.1, -0.05) is 215 Å². The van der Waals surface area contributed by atoms with Crippen LogP contribution in [-0.4, -0.2) is 70.8 Å². The molecule has 2 fully saturated rings. The van der Waals surface area contributed by atoms with E-state index in [0.29, 0.717) is 54.7 Å². The van der Waals surface area contributed by atoms with Crippen LogP contribution in [0.3, 0.4) is 0 Å². The third-order valence-electron chi connectivity index (χ3n) is 21.7. The summed E-state index contributed by atoms with van der Waals surface area (Å²) in [6, 6.07) is 59.8. The number of nitrogens with zero attached hydrogens (tertiary/aromatic N) is 3. The number of aromatic amines is 2. The molecule has 3 N–H and O–H groups in total. The summed E-state index contributed by atoms with van der Waals surface area (Å²) in [7, 11) is 0. The Kier molecular flexibility index (Phi) is 25.6. The molecular weight excluding hydrogens is 1310 g/mol. The van der Waals surface area contributed by atoms with Crippen LogP contribution in [0.25, 0.3) is 97.0 Å². The molecular formula is C94H106N6O6.